The molecule has 1 N–H and O–H groups in total. The number of para-hydroxylation sites is 1. The van der Waals surface area contributed by atoms with Crippen molar-refractivity contribution in [2.45, 2.75) is 37.1 Å². The van der Waals surface area contributed by atoms with E-state index in [0.717, 1.165) is 11.3 Å². The van der Waals surface area contributed by atoms with E-state index in [0.29, 0.717) is 18.9 Å². The normalized spacial score (nSPS) is 18.1. The maximum atomic E-state index is 12.6. The average molecular weight is 358 g/mol. The molecule has 0 unspecified atom stereocenters. The number of anilines is 1. The van der Waals surface area contributed by atoms with Crippen LogP contribution in [0.3, 0.4) is 0 Å². The van der Waals surface area contributed by atoms with Gasteiger partial charge in [0.15, 0.2) is 0 Å². The molecule has 25 heavy (non-hydrogen) atoms. The molecule has 0 saturated carbocycles. The number of carbonyl (C=O) groups is 1. The lowest BCUT2D eigenvalue weighted by molar-refractivity contribution is -0.118. The van der Waals surface area contributed by atoms with Gasteiger partial charge in [-0.1, -0.05) is 44.2 Å². The molecule has 132 valence electrons. The van der Waals surface area contributed by atoms with E-state index in [-0.39, 0.29) is 10.8 Å². The van der Waals surface area contributed by atoms with E-state index in [2.05, 4.69) is 18.6 Å². The van der Waals surface area contributed by atoms with E-state index < -0.39 is 16.1 Å². The summed E-state index contributed by atoms with van der Waals surface area (Å²) < 4.78 is 27.7. The van der Waals surface area contributed by atoms with Crippen LogP contribution in [0.5, 0.6) is 0 Å². The third kappa shape index (κ3) is 3.75. The quantitative estimate of drug-likeness (QED) is 0.894. The Kier molecular flexibility index (Phi) is 4.92. The highest BCUT2D eigenvalue weighted by atomic mass is 32.2. The molecule has 1 amide bonds. The summed E-state index contributed by atoms with van der Waals surface area (Å²) >= 11 is 0. The Labute approximate surface area is 148 Å². The third-order valence-electron chi connectivity index (χ3n) is 4.43. The van der Waals surface area contributed by atoms with Gasteiger partial charge in [0.2, 0.25) is 15.9 Å². The van der Waals surface area contributed by atoms with Gasteiger partial charge in [0.1, 0.15) is 6.04 Å². The zero-order valence-electron chi connectivity index (χ0n) is 14.3. The second-order valence-electron chi connectivity index (χ2n) is 6.51. The molecule has 1 aliphatic rings. The van der Waals surface area contributed by atoms with E-state index in [9.17, 15) is 13.2 Å². The minimum absolute atomic E-state index is 0.183. The molecule has 1 saturated heterocycles. The van der Waals surface area contributed by atoms with Gasteiger partial charge in [0.25, 0.3) is 0 Å². The van der Waals surface area contributed by atoms with Gasteiger partial charge in [0, 0.05) is 12.2 Å². The first kappa shape index (κ1) is 17.6. The Hall–Kier alpha value is -2.18. The molecule has 2 aromatic rings. The van der Waals surface area contributed by atoms with Crippen molar-refractivity contribution in [3.05, 3.63) is 60.2 Å². The summed E-state index contributed by atoms with van der Waals surface area (Å²) in [6.45, 7) is 4.61. The number of nitrogens with zero attached hydrogens (tertiary/aromatic N) is 1. The van der Waals surface area contributed by atoms with Crippen molar-refractivity contribution in [1.82, 2.24) is 4.72 Å². The first-order valence-electron chi connectivity index (χ1n) is 8.37. The monoisotopic (exact) mass is 358 g/mol. The lowest BCUT2D eigenvalue weighted by Gasteiger charge is -2.17. The Balaban J connectivity index is 1.74. The smallest absolute Gasteiger partial charge is 0.245 e. The molecule has 0 bridgehead atoms. The van der Waals surface area contributed by atoms with Gasteiger partial charge in [-0.15, -0.1) is 0 Å². The Morgan fingerprint density at radius 3 is 2.28 bits per heavy atom. The van der Waals surface area contributed by atoms with Crippen molar-refractivity contribution in [3.63, 3.8) is 0 Å². The minimum Gasteiger partial charge on any atom is -0.311 e. The minimum atomic E-state index is -3.72. The molecule has 5 nitrogen and oxygen atoms in total. The molecule has 1 aliphatic heterocycles. The lowest BCUT2D eigenvalue weighted by atomic mass is 10.0. The highest BCUT2D eigenvalue weighted by Crippen LogP contribution is 2.23. The van der Waals surface area contributed by atoms with E-state index in [1.54, 1.807) is 17.0 Å². The molecular weight excluding hydrogens is 336 g/mol. The largest absolute Gasteiger partial charge is 0.311 e. The van der Waals surface area contributed by atoms with E-state index in [1.165, 1.54) is 0 Å². The van der Waals surface area contributed by atoms with E-state index in [1.807, 2.05) is 42.5 Å². The summed E-state index contributed by atoms with van der Waals surface area (Å²) in [5, 5.41) is 0. The standard InChI is InChI=1S/C19H22N2O3S/c1-14(2)15-8-10-17(11-9-15)25(23,24)20-18-12-13-21(19(18)22)16-6-4-3-5-7-16/h3-11,14,18,20H,12-13H2,1-2H3/t18-/m1/s1. The molecule has 1 atom stereocenters. The topological polar surface area (TPSA) is 66.5 Å². The molecule has 2 aromatic carbocycles. The van der Waals surface area contributed by atoms with E-state index >= 15 is 0 Å². The SMILES string of the molecule is CC(C)c1ccc(S(=O)(=O)N[C@@H]2CCN(c3ccccc3)C2=O)cc1. The summed E-state index contributed by atoms with van der Waals surface area (Å²) in [5.74, 6) is 0.120. The molecule has 6 heteroatoms. The van der Waals surface area contributed by atoms with Crippen LogP contribution in [0.2, 0.25) is 0 Å². The van der Waals surface area contributed by atoms with Crippen molar-refractivity contribution in [2.24, 2.45) is 0 Å². The Bertz CT molecular complexity index is 846. The van der Waals surface area contributed by atoms with Crippen LogP contribution < -0.4 is 9.62 Å². The molecular formula is C19H22N2O3S. The fraction of sp³-hybridized carbons (Fsp3) is 0.316. The maximum absolute atomic E-state index is 12.6. The number of hydrogen-bond donors (Lipinski definition) is 1. The van der Waals surface area contributed by atoms with Crippen LogP contribution in [0.25, 0.3) is 0 Å². The number of benzene rings is 2. The van der Waals surface area contributed by atoms with Crippen LogP contribution in [0.4, 0.5) is 5.69 Å². The van der Waals surface area contributed by atoms with Crippen molar-refractivity contribution in [2.75, 3.05) is 11.4 Å². The first-order valence-corrected chi connectivity index (χ1v) is 9.85. The summed E-state index contributed by atoms with van der Waals surface area (Å²) in [4.78, 5) is 14.4. The van der Waals surface area contributed by atoms with Crippen LogP contribution in [-0.2, 0) is 14.8 Å². The van der Waals surface area contributed by atoms with Gasteiger partial charge in [-0.25, -0.2) is 8.42 Å². The van der Waals surface area contributed by atoms with Crippen LogP contribution in [0, 0.1) is 0 Å². The fourth-order valence-electron chi connectivity index (χ4n) is 2.94. The predicted octanol–water partition coefficient (Wildman–Crippen LogP) is 2.89. The van der Waals surface area contributed by atoms with Crippen molar-refractivity contribution in [3.8, 4) is 0 Å². The molecule has 1 fully saturated rings. The van der Waals surface area contributed by atoms with Crippen LogP contribution in [-0.4, -0.2) is 26.9 Å². The molecule has 0 spiro atoms. The van der Waals surface area contributed by atoms with Crippen LogP contribution >= 0.6 is 0 Å². The second-order valence-corrected chi connectivity index (χ2v) is 8.23. The van der Waals surface area contributed by atoms with Gasteiger partial charge in [-0.05, 0) is 42.2 Å². The predicted molar refractivity (Wildman–Crippen MR) is 98.1 cm³/mol. The van der Waals surface area contributed by atoms with Gasteiger partial charge in [-0.2, -0.15) is 4.72 Å². The number of amides is 1. The molecule has 1 heterocycles. The third-order valence-corrected chi connectivity index (χ3v) is 5.92. The Morgan fingerprint density at radius 1 is 1.04 bits per heavy atom. The number of nitrogens with one attached hydrogen (secondary N) is 1. The van der Waals surface area contributed by atoms with Gasteiger partial charge in [0.05, 0.1) is 4.90 Å². The van der Waals surface area contributed by atoms with Gasteiger partial charge >= 0.3 is 0 Å². The van der Waals surface area contributed by atoms with Crippen LogP contribution in [0.15, 0.2) is 59.5 Å². The Morgan fingerprint density at radius 2 is 1.68 bits per heavy atom. The molecule has 3 rings (SSSR count). The highest BCUT2D eigenvalue weighted by Gasteiger charge is 2.35. The zero-order valence-corrected chi connectivity index (χ0v) is 15.2. The highest BCUT2D eigenvalue weighted by molar-refractivity contribution is 7.89. The summed E-state index contributed by atoms with van der Waals surface area (Å²) in [6.07, 6.45) is 0.455. The summed E-state index contributed by atoms with van der Waals surface area (Å²) in [6, 6.07) is 15.4. The lowest BCUT2D eigenvalue weighted by Crippen LogP contribution is -2.41. The van der Waals surface area contributed by atoms with E-state index in [4.69, 9.17) is 0 Å². The summed E-state index contributed by atoms with van der Waals surface area (Å²) in [7, 11) is -3.72. The number of rotatable bonds is 5. The van der Waals surface area contributed by atoms with Crippen LogP contribution in [0.1, 0.15) is 31.7 Å². The van der Waals surface area contributed by atoms with Crippen molar-refractivity contribution >= 4 is 21.6 Å². The molecule has 0 radical (unpaired) electrons. The first-order chi connectivity index (χ1) is 11.9. The van der Waals surface area contributed by atoms with Crippen molar-refractivity contribution < 1.29 is 13.2 Å². The maximum Gasteiger partial charge on any atom is 0.245 e. The molecule has 0 aliphatic carbocycles. The summed E-state index contributed by atoms with van der Waals surface area (Å²) in [5.41, 5.74) is 1.86. The number of hydrogen-bond acceptors (Lipinski definition) is 3. The van der Waals surface area contributed by atoms with Crippen molar-refractivity contribution in [1.29, 1.82) is 0 Å². The number of carbonyl (C=O) groups excluding carboxylic acids is 1. The molecule has 0 aromatic heterocycles. The average Bonchev–Trinajstić information content (AvgIpc) is 2.96. The fourth-order valence-corrected chi connectivity index (χ4v) is 4.16. The van der Waals surface area contributed by atoms with Gasteiger partial charge < -0.3 is 4.90 Å². The number of sulfonamides is 1. The second kappa shape index (κ2) is 6.98. The van der Waals surface area contributed by atoms with Gasteiger partial charge in [-0.3, -0.25) is 4.79 Å². The zero-order chi connectivity index (χ0) is 18.0.